The molecule has 5 nitrogen and oxygen atoms in total. The normalized spacial score (nSPS) is 11.3. The third-order valence-electron chi connectivity index (χ3n) is 4.12. The highest BCUT2D eigenvalue weighted by Gasteiger charge is 2.12. The van der Waals surface area contributed by atoms with E-state index in [1.807, 2.05) is 59.4 Å². The van der Waals surface area contributed by atoms with Crippen molar-refractivity contribution in [3.63, 3.8) is 0 Å². The predicted molar refractivity (Wildman–Crippen MR) is 120 cm³/mol. The van der Waals surface area contributed by atoms with Crippen LogP contribution in [0.5, 0.6) is 5.75 Å². The van der Waals surface area contributed by atoms with E-state index in [0.29, 0.717) is 6.61 Å². The topological polar surface area (TPSA) is 52.3 Å². The summed E-state index contributed by atoms with van der Waals surface area (Å²) in [6.07, 6.45) is 4.58. The maximum Gasteiger partial charge on any atom is 0.212 e. The lowest BCUT2D eigenvalue weighted by atomic mass is 10.2. The first-order valence-electron chi connectivity index (χ1n) is 9.79. The Balaban J connectivity index is 1.81. The van der Waals surface area contributed by atoms with Gasteiger partial charge in [-0.15, -0.1) is 10.2 Å². The van der Waals surface area contributed by atoms with Gasteiger partial charge in [-0.25, -0.2) is 0 Å². The molecule has 0 radical (unpaired) electrons. The summed E-state index contributed by atoms with van der Waals surface area (Å²) in [6.45, 7) is 4.90. The average molecular weight is 429 g/mol. The Morgan fingerprint density at radius 1 is 1.07 bits per heavy atom. The Hall–Kier alpha value is -2.31. The van der Waals surface area contributed by atoms with Crippen LogP contribution >= 0.6 is 23.4 Å². The van der Waals surface area contributed by atoms with Gasteiger partial charge in [-0.1, -0.05) is 61.5 Å². The third-order valence-corrected chi connectivity index (χ3v) is 5.37. The van der Waals surface area contributed by atoms with Crippen LogP contribution in [0.3, 0.4) is 0 Å². The Morgan fingerprint density at radius 3 is 2.62 bits per heavy atom. The highest BCUT2D eigenvalue weighted by atomic mass is 35.5. The molecule has 0 N–H and O–H groups in total. The molecule has 2 aromatic carbocycles. The van der Waals surface area contributed by atoms with Crippen molar-refractivity contribution in [3.8, 4) is 5.75 Å². The summed E-state index contributed by atoms with van der Waals surface area (Å²) in [5.41, 5.74) is 2.11. The van der Waals surface area contributed by atoms with Crippen LogP contribution < -0.4 is 4.74 Å². The molecular weight excluding hydrogens is 404 g/mol. The molecule has 0 spiro atoms. The number of thioether (sulfide) groups is 1. The van der Waals surface area contributed by atoms with E-state index >= 15 is 0 Å². The summed E-state index contributed by atoms with van der Waals surface area (Å²) >= 11 is 7.58. The largest absolute Gasteiger partial charge is 0.493 e. The first-order valence-corrected chi connectivity index (χ1v) is 11.1. The van der Waals surface area contributed by atoms with E-state index in [4.69, 9.17) is 21.4 Å². The first-order chi connectivity index (χ1) is 14.2. The molecule has 29 heavy (non-hydrogen) atoms. The Labute approximate surface area is 181 Å². The van der Waals surface area contributed by atoms with E-state index in [1.54, 1.807) is 11.8 Å². The number of benzene rings is 2. The minimum absolute atomic E-state index is 0.681. The summed E-state index contributed by atoms with van der Waals surface area (Å²) in [4.78, 5) is 0. The zero-order chi connectivity index (χ0) is 20.5. The van der Waals surface area contributed by atoms with E-state index in [0.717, 1.165) is 52.3 Å². The van der Waals surface area contributed by atoms with Crippen molar-refractivity contribution in [3.05, 3.63) is 70.5 Å². The van der Waals surface area contributed by atoms with Gasteiger partial charge in [0.15, 0.2) is 5.82 Å². The second kappa shape index (κ2) is 11.0. The number of aromatic nitrogens is 3. The molecule has 0 amide bonds. The fraction of sp³-hybridized carbons (Fsp3) is 0.318. The van der Waals surface area contributed by atoms with Crippen molar-refractivity contribution < 1.29 is 4.74 Å². The first kappa shape index (κ1) is 21.4. The van der Waals surface area contributed by atoms with E-state index < -0.39 is 0 Å². The number of nitrogens with zero attached hydrogens (tertiary/aromatic N) is 4. The fourth-order valence-corrected chi connectivity index (χ4v) is 3.65. The number of halogens is 1. The molecule has 0 aliphatic rings. The van der Waals surface area contributed by atoms with Crippen LogP contribution in [-0.2, 0) is 12.2 Å². The van der Waals surface area contributed by atoms with Crippen molar-refractivity contribution in [1.29, 1.82) is 0 Å². The molecule has 3 aromatic rings. The van der Waals surface area contributed by atoms with Gasteiger partial charge in [-0.3, -0.25) is 0 Å². The maximum atomic E-state index is 5.97. The standard InChI is InChI=1S/C22H25ClN4OS/c1-3-7-21-25-26-22(29-16-17-10-12-19(23)13-11-17)27(21)24-15-18-8-5-6-9-20(18)28-14-4-2/h5-6,8-13,15H,3-4,7,14,16H2,1-2H3/b24-15-. The highest BCUT2D eigenvalue weighted by Crippen LogP contribution is 2.24. The molecule has 1 aromatic heterocycles. The minimum Gasteiger partial charge on any atom is -0.493 e. The molecule has 0 saturated heterocycles. The van der Waals surface area contributed by atoms with Crippen molar-refractivity contribution in [1.82, 2.24) is 14.9 Å². The fourth-order valence-electron chi connectivity index (χ4n) is 2.66. The average Bonchev–Trinajstić information content (AvgIpc) is 3.12. The van der Waals surface area contributed by atoms with Gasteiger partial charge in [-0.05, 0) is 42.7 Å². The second-order valence-electron chi connectivity index (χ2n) is 6.51. The van der Waals surface area contributed by atoms with Gasteiger partial charge in [-0.2, -0.15) is 9.78 Å². The molecule has 0 fully saturated rings. The van der Waals surface area contributed by atoms with Crippen LogP contribution in [0.25, 0.3) is 0 Å². The second-order valence-corrected chi connectivity index (χ2v) is 7.89. The molecule has 0 aliphatic carbocycles. The molecule has 152 valence electrons. The smallest absolute Gasteiger partial charge is 0.212 e. The monoisotopic (exact) mass is 428 g/mol. The van der Waals surface area contributed by atoms with E-state index in [2.05, 4.69) is 24.0 Å². The van der Waals surface area contributed by atoms with E-state index in [1.165, 1.54) is 5.56 Å². The zero-order valence-corrected chi connectivity index (χ0v) is 18.3. The number of para-hydroxylation sites is 1. The predicted octanol–water partition coefficient (Wildman–Crippen LogP) is 5.85. The van der Waals surface area contributed by atoms with Crippen molar-refractivity contribution >= 4 is 29.6 Å². The maximum absolute atomic E-state index is 5.97. The zero-order valence-electron chi connectivity index (χ0n) is 16.7. The van der Waals surface area contributed by atoms with Crippen LogP contribution in [0.4, 0.5) is 0 Å². The number of hydrogen-bond donors (Lipinski definition) is 0. The summed E-state index contributed by atoms with van der Waals surface area (Å²) in [7, 11) is 0. The van der Waals surface area contributed by atoms with Gasteiger partial charge in [0.25, 0.3) is 0 Å². The van der Waals surface area contributed by atoms with Crippen LogP contribution in [-0.4, -0.2) is 27.7 Å². The molecule has 0 saturated carbocycles. The molecule has 7 heteroatoms. The van der Waals surface area contributed by atoms with Gasteiger partial charge >= 0.3 is 0 Å². The van der Waals surface area contributed by atoms with Gasteiger partial charge in [0.05, 0.1) is 12.8 Å². The quantitative estimate of drug-likeness (QED) is 0.300. The lowest BCUT2D eigenvalue weighted by Gasteiger charge is -2.08. The van der Waals surface area contributed by atoms with Crippen molar-refractivity contribution in [2.24, 2.45) is 5.10 Å². The van der Waals surface area contributed by atoms with Crippen LogP contribution in [0, 0.1) is 0 Å². The number of rotatable bonds is 10. The lowest BCUT2D eigenvalue weighted by Crippen LogP contribution is -2.02. The molecule has 3 rings (SSSR count). The molecule has 1 heterocycles. The van der Waals surface area contributed by atoms with Crippen LogP contribution in [0.15, 0.2) is 58.8 Å². The summed E-state index contributed by atoms with van der Waals surface area (Å²) in [5.74, 6) is 2.46. The van der Waals surface area contributed by atoms with Crippen LogP contribution in [0.1, 0.15) is 43.6 Å². The summed E-state index contributed by atoms with van der Waals surface area (Å²) in [5, 5.41) is 14.9. The van der Waals surface area contributed by atoms with Crippen molar-refractivity contribution in [2.45, 2.75) is 44.0 Å². The van der Waals surface area contributed by atoms with Gasteiger partial charge in [0.1, 0.15) is 5.75 Å². The molecular formula is C22H25ClN4OS. The van der Waals surface area contributed by atoms with Gasteiger partial charge in [0, 0.05) is 22.8 Å². The number of hydrogen-bond acceptors (Lipinski definition) is 5. The van der Waals surface area contributed by atoms with Gasteiger partial charge < -0.3 is 4.74 Å². The Morgan fingerprint density at radius 2 is 1.86 bits per heavy atom. The van der Waals surface area contributed by atoms with Crippen molar-refractivity contribution in [2.75, 3.05) is 6.61 Å². The summed E-state index contributed by atoms with van der Waals surface area (Å²) in [6, 6.07) is 15.8. The summed E-state index contributed by atoms with van der Waals surface area (Å²) < 4.78 is 7.67. The number of ether oxygens (including phenoxy) is 1. The van der Waals surface area contributed by atoms with Gasteiger partial charge in [0.2, 0.25) is 5.16 Å². The molecule has 0 atom stereocenters. The SMILES string of the molecule is CCCOc1ccccc1/C=N\n1c(CCC)nnc1SCc1ccc(Cl)cc1. The molecule has 0 bridgehead atoms. The number of aryl methyl sites for hydroxylation is 1. The minimum atomic E-state index is 0.681. The Kier molecular flexibility index (Phi) is 8.14. The molecule has 0 unspecified atom stereocenters. The molecule has 0 aliphatic heterocycles. The third kappa shape index (κ3) is 6.08. The van der Waals surface area contributed by atoms with Crippen LogP contribution in [0.2, 0.25) is 5.02 Å². The Bertz CT molecular complexity index is 940. The van der Waals surface area contributed by atoms with E-state index in [-0.39, 0.29) is 0 Å². The van der Waals surface area contributed by atoms with E-state index in [9.17, 15) is 0 Å². The highest BCUT2D eigenvalue weighted by molar-refractivity contribution is 7.98. The lowest BCUT2D eigenvalue weighted by molar-refractivity contribution is 0.317.